The molecule has 188 valence electrons. The fourth-order valence-electron chi connectivity index (χ4n) is 4.32. The number of nitriles is 1. The summed E-state index contributed by atoms with van der Waals surface area (Å²) in [6.07, 6.45) is 2.66. The largest absolute Gasteiger partial charge is 0.481 e. The number of aromatic nitrogens is 3. The number of pyridine rings is 1. The molecule has 11 heteroatoms. The zero-order valence-corrected chi connectivity index (χ0v) is 20.0. The van der Waals surface area contributed by atoms with Gasteiger partial charge >= 0.3 is 5.97 Å². The number of nitrogens with zero attached hydrogens (tertiary/aromatic N) is 6. The number of nitrogens with two attached hydrogens (primary N) is 2. The van der Waals surface area contributed by atoms with Crippen LogP contribution in [-0.4, -0.2) is 51.2 Å². The SMILES string of the molecule is N#Cc1cccc(-c2cc(C(C=NCc3cccc(C4(CC(=O)O)CCOCC4)n3)=NN)nc(N)n2)c1. The lowest BCUT2D eigenvalue weighted by Crippen LogP contribution is -2.37. The maximum Gasteiger partial charge on any atom is 0.304 e. The van der Waals surface area contributed by atoms with Gasteiger partial charge in [-0.05, 0) is 43.2 Å². The van der Waals surface area contributed by atoms with Crippen molar-refractivity contribution in [1.29, 1.82) is 5.26 Å². The summed E-state index contributed by atoms with van der Waals surface area (Å²) in [6, 6.07) is 16.3. The molecular formula is C26H26N8O3. The van der Waals surface area contributed by atoms with Gasteiger partial charge < -0.3 is 21.4 Å². The maximum absolute atomic E-state index is 11.6. The number of hydrogen-bond donors (Lipinski definition) is 3. The Balaban J connectivity index is 1.55. The van der Waals surface area contributed by atoms with Gasteiger partial charge in [0, 0.05) is 29.9 Å². The summed E-state index contributed by atoms with van der Waals surface area (Å²) in [7, 11) is 0. The predicted molar refractivity (Wildman–Crippen MR) is 138 cm³/mol. The molecule has 0 aliphatic carbocycles. The normalized spacial score (nSPS) is 15.4. The van der Waals surface area contributed by atoms with Crippen LogP contribution in [0.15, 0.2) is 58.6 Å². The summed E-state index contributed by atoms with van der Waals surface area (Å²) < 4.78 is 5.46. The number of carbonyl (C=O) groups is 1. The first-order chi connectivity index (χ1) is 17.9. The predicted octanol–water partition coefficient (Wildman–Crippen LogP) is 2.45. The van der Waals surface area contributed by atoms with Crippen molar-refractivity contribution in [3.8, 4) is 17.3 Å². The maximum atomic E-state index is 11.6. The smallest absolute Gasteiger partial charge is 0.304 e. The molecule has 3 aromatic rings. The molecule has 0 bridgehead atoms. The molecule has 1 aliphatic rings. The molecule has 0 atom stereocenters. The Morgan fingerprint density at radius 2 is 1.95 bits per heavy atom. The number of carboxylic acids is 1. The van der Waals surface area contributed by atoms with Gasteiger partial charge in [-0.15, -0.1) is 0 Å². The van der Waals surface area contributed by atoms with Crippen LogP contribution in [-0.2, 0) is 21.5 Å². The summed E-state index contributed by atoms with van der Waals surface area (Å²) in [6.45, 7) is 1.22. The highest BCUT2D eigenvalue weighted by Crippen LogP contribution is 2.37. The Labute approximate surface area is 213 Å². The summed E-state index contributed by atoms with van der Waals surface area (Å²) >= 11 is 0. The highest BCUT2D eigenvalue weighted by atomic mass is 16.5. The highest BCUT2D eigenvalue weighted by molar-refractivity contribution is 6.37. The van der Waals surface area contributed by atoms with Crippen LogP contribution >= 0.6 is 0 Å². The molecule has 0 unspecified atom stereocenters. The van der Waals surface area contributed by atoms with Crippen LogP contribution in [0.4, 0.5) is 5.95 Å². The zero-order valence-electron chi connectivity index (χ0n) is 20.0. The van der Waals surface area contributed by atoms with E-state index < -0.39 is 11.4 Å². The number of hydrogen-bond acceptors (Lipinski definition) is 10. The molecule has 0 radical (unpaired) electrons. The number of rotatable bonds is 8. The standard InChI is InChI=1S/C26H26N8O3/c27-14-17-3-1-4-18(11-17)20-12-21(33-25(28)32-20)22(34-29)16-30-15-19-5-2-6-23(31-19)26(13-24(35)36)7-9-37-10-8-26/h1-6,11-12,16H,7-10,13,15,29H2,(H,35,36)(H2,28,32,33). The van der Waals surface area contributed by atoms with Crippen molar-refractivity contribution in [2.24, 2.45) is 15.9 Å². The third-order valence-electron chi connectivity index (χ3n) is 6.19. The third kappa shape index (κ3) is 6.12. The molecule has 1 saturated heterocycles. The van der Waals surface area contributed by atoms with Gasteiger partial charge in [0.2, 0.25) is 5.95 Å². The van der Waals surface area contributed by atoms with Gasteiger partial charge in [-0.25, -0.2) is 9.97 Å². The minimum atomic E-state index is -0.862. The molecular weight excluding hydrogens is 472 g/mol. The van der Waals surface area contributed by atoms with E-state index in [2.05, 4.69) is 26.1 Å². The van der Waals surface area contributed by atoms with Crippen LogP contribution in [0.1, 0.15) is 41.9 Å². The number of nitrogen functional groups attached to an aromatic ring is 1. The lowest BCUT2D eigenvalue weighted by atomic mass is 9.74. The van der Waals surface area contributed by atoms with Crippen molar-refractivity contribution in [2.45, 2.75) is 31.2 Å². The molecule has 0 amide bonds. The van der Waals surface area contributed by atoms with Gasteiger partial charge in [-0.2, -0.15) is 10.4 Å². The van der Waals surface area contributed by atoms with E-state index in [9.17, 15) is 15.2 Å². The van der Waals surface area contributed by atoms with E-state index in [1.165, 1.54) is 6.21 Å². The van der Waals surface area contributed by atoms with E-state index in [-0.39, 0.29) is 24.6 Å². The van der Waals surface area contributed by atoms with Crippen LogP contribution in [0.5, 0.6) is 0 Å². The molecule has 2 aromatic heterocycles. The van der Waals surface area contributed by atoms with Gasteiger partial charge in [0.15, 0.2) is 0 Å². The average Bonchev–Trinajstić information content (AvgIpc) is 2.91. The van der Waals surface area contributed by atoms with Crippen LogP contribution in [0.25, 0.3) is 11.3 Å². The second-order valence-corrected chi connectivity index (χ2v) is 8.65. The number of aliphatic carboxylic acids is 1. The minimum Gasteiger partial charge on any atom is -0.481 e. The number of ether oxygens (including phenoxy) is 1. The van der Waals surface area contributed by atoms with Crippen molar-refractivity contribution in [3.63, 3.8) is 0 Å². The summed E-state index contributed by atoms with van der Waals surface area (Å²) in [5.74, 6) is 4.79. The fourth-order valence-corrected chi connectivity index (χ4v) is 4.32. The third-order valence-corrected chi connectivity index (χ3v) is 6.19. The molecule has 0 saturated carbocycles. The first-order valence-corrected chi connectivity index (χ1v) is 11.6. The van der Waals surface area contributed by atoms with Gasteiger partial charge in [-0.1, -0.05) is 18.2 Å². The van der Waals surface area contributed by atoms with E-state index in [1.807, 2.05) is 24.3 Å². The van der Waals surface area contributed by atoms with E-state index in [1.54, 1.807) is 24.3 Å². The first kappa shape index (κ1) is 25.4. The Bertz CT molecular complexity index is 1390. The molecule has 4 rings (SSSR count). The highest BCUT2D eigenvalue weighted by Gasteiger charge is 2.38. The molecule has 11 nitrogen and oxygen atoms in total. The summed E-state index contributed by atoms with van der Waals surface area (Å²) in [5.41, 5.74) is 9.14. The molecule has 1 aliphatic heterocycles. The zero-order chi connectivity index (χ0) is 26.3. The molecule has 3 heterocycles. The van der Waals surface area contributed by atoms with Crippen molar-refractivity contribution in [2.75, 3.05) is 18.9 Å². The van der Waals surface area contributed by atoms with E-state index in [0.717, 1.165) is 5.69 Å². The average molecular weight is 499 g/mol. The fraction of sp³-hybridized carbons (Fsp3) is 0.269. The van der Waals surface area contributed by atoms with E-state index in [0.29, 0.717) is 54.3 Å². The Morgan fingerprint density at radius 3 is 2.68 bits per heavy atom. The molecule has 1 fully saturated rings. The van der Waals surface area contributed by atoms with Gasteiger partial charge in [0.1, 0.15) is 5.71 Å². The number of aliphatic imine (C=N–C) groups is 1. The topological polar surface area (TPSA) is 186 Å². The molecule has 1 aromatic carbocycles. The van der Waals surface area contributed by atoms with Gasteiger partial charge in [0.25, 0.3) is 0 Å². The Kier molecular flexibility index (Phi) is 7.80. The number of carboxylic acid groups (broad SMARTS) is 1. The summed E-state index contributed by atoms with van der Waals surface area (Å²) in [5, 5.41) is 22.5. The van der Waals surface area contributed by atoms with Crippen LogP contribution in [0.2, 0.25) is 0 Å². The molecule has 5 N–H and O–H groups in total. The monoisotopic (exact) mass is 498 g/mol. The lowest BCUT2D eigenvalue weighted by molar-refractivity contribution is -0.139. The second kappa shape index (κ2) is 11.4. The van der Waals surface area contributed by atoms with Gasteiger partial charge in [0.05, 0.1) is 47.9 Å². The number of hydrazone groups is 1. The van der Waals surface area contributed by atoms with Crippen LogP contribution < -0.4 is 11.6 Å². The van der Waals surface area contributed by atoms with Crippen LogP contribution in [0, 0.1) is 11.3 Å². The van der Waals surface area contributed by atoms with Crippen molar-refractivity contribution >= 4 is 23.8 Å². The van der Waals surface area contributed by atoms with Crippen molar-refractivity contribution in [1.82, 2.24) is 15.0 Å². The van der Waals surface area contributed by atoms with Crippen molar-refractivity contribution in [3.05, 3.63) is 71.2 Å². The van der Waals surface area contributed by atoms with E-state index in [4.69, 9.17) is 21.3 Å². The Hall–Kier alpha value is -4.69. The van der Waals surface area contributed by atoms with Crippen molar-refractivity contribution < 1.29 is 14.6 Å². The first-order valence-electron chi connectivity index (χ1n) is 11.6. The summed E-state index contributed by atoms with van der Waals surface area (Å²) in [4.78, 5) is 29.2. The molecule has 37 heavy (non-hydrogen) atoms. The second-order valence-electron chi connectivity index (χ2n) is 8.65. The van der Waals surface area contributed by atoms with E-state index >= 15 is 0 Å². The lowest BCUT2D eigenvalue weighted by Gasteiger charge is -2.35. The van der Waals surface area contributed by atoms with Crippen LogP contribution in [0.3, 0.4) is 0 Å². The Morgan fingerprint density at radius 1 is 1.16 bits per heavy atom. The quantitative estimate of drug-likeness (QED) is 0.238. The number of benzene rings is 1. The number of anilines is 1. The van der Waals surface area contributed by atoms with Gasteiger partial charge in [-0.3, -0.25) is 14.8 Å². The minimum absolute atomic E-state index is 0.00516. The molecule has 0 spiro atoms.